The number of carbonyl (C=O) groups is 2. The van der Waals surface area contributed by atoms with Crippen molar-refractivity contribution in [2.24, 2.45) is 11.8 Å². The number of aliphatic hydroxyl groups is 1. The Bertz CT molecular complexity index is 454. The fraction of sp³-hybridized carbons (Fsp3) is 0.692. The summed E-state index contributed by atoms with van der Waals surface area (Å²) in [4.78, 5) is 24.8. The predicted octanol–water partition coefficient (Wildman–Crippen LogP) is 0.737. The Morgan fingerprint density at radius 2 is 2.17 bits per heavy atom. The van der Waals surface area contributed by atoms with Crippen LogP contribution in [0.2, 0.25) is 0 Å². The highest BCUT2D eigenvalue weighted by molar-refractivity contribution is 6.00. The highest BCUT2D eigenvalue weighted by Gasteiger charge is 2.60. The molecule has 1 saturated heterocycles. The molecule has 2 N–H and O–H groups in total. The molecule has 0 bridgehead atoms. The van der Waals surface area contributed by atoms with E-state index in [4.69, 9.17) is 0 Å². The molecular formula is C13H17NO4. The number of aliphatic hydroxyl groups excluding tert-OH is 1. The van der Waals surface area contributed by atoms with E-state index in [1.54, 1.807) is 6.92 Å². The van der Waals surface area contributed by atoms with E-state index in [2.05, 4.69) is 0 Å². The Morgan fingerprint density at radius 3 is 2.78 bits per heavy atom. The van der Waals surface area contributed by atoms with Crippen LogP contribution in [0.25, 0.3) is 0 Å². The van der Waals surface area contributed by atoms with Crippen LogP contribution in [0.1, 0.15) is 32.6 Å². The zero-order valence-electron chi connectivity index (χ0n) is 10.3. The number of carbonyl (C=O) groups excluding carboxylic acids is 1. The largest absolute Gasteiger partial charge is 0.477 e. The van der Waals surface area contributed by atoms with Crippen molar-refractivity contribution < 1.29 is 19.8 Å². The monoisotopic (exact) mass is 251 g/mol. The summed E-state index contributed by atoms with van der Waals surface area (Å²) in [6.45, 7) is 1.61. The molecule has 2 heterocycles. The lowest BCUT2D eigenvalue weighted by molar-refractivity contribution is -0.163. The van der Waals surface area contributed by atoms with E-state index in [9.17, 15) is 19.8 Å². The Hall–Kier alpha value is -1.36. The van der Waals surface area contributed by atoms with Crippen molar-refractivity contribution in [3.8, 4) is 0 Å². The average Bonchev–Trinajstić information content (AvgIpc) is 2.60. The zero-order chi connectivity index (χ0) is 13.0. The predicted molar refractivity (Wildman–Crippen MR) is 62.4 cm³/mol. The smallest absolute Gasteiger partial charge is 0.352 e. The van der Waals surface area contributed by atoms with Crippen molar-refractivity contribution >= 4 is 11.9 Å². The molecule has 3 aliphatic rings. The van der Waals surface area contributed by atoms with Crippen LogP contribution in [-0.2, 0) is 9.59 Å². The minimum absolute atomic E-state index is 0.112. The Labute approximate surface area is 105 Å². The maximum Gasteiger partial charge on any atom is 0.352 e. The van der Waals surface area contributed by atoms with Crippen LogP contribution in [0.15, 0.2) is 11.3 Å². The second-order valence-electron chi connectivity index (χ2n) is 5.50. The maximum atomic E-state index is 12.0. The van der Waals surface area contributed by atoms with E-state index in [1.165, 1.54) is 4.90 Å². The van der Waals surface area contributed by atoms with Crippen LogP contribution in [0, 0.1) is 11.8 Å². The second-order valence-corrected chi connectivity index (χ2v) is 5.50. The van der Waals surface area contributed by atoms with Gasteiger partial charge in [0.15, 0.2) is 0 Å². The highest BCUT2D eigenvalue weighted by atomic mass is 16.4. The third kappa shape index (κ3) is 1.31. The van der Waals surface area contributed by atoms with Gasteiger partial charge in [-0.3, -0.25) is 4.79 Å². The first-order valence-corrected chi connectivity index (χ1v) is 6.51. The van der Waals surface area contributed by atoms with Gasteiger partial charge in [-0.25, -0.2) is 4.79 Å². The number of carboxylic acids is 1. The molecule has 5 nitrogen and oxygen atoms in total. The summed E-state index contributed by atoms with van der Waals surface area (Å²) in [6, 6.07) is -0.112. The Morgan fingerprint density at radius 1 is 1.44 bits per heavy atom. The molecule has 2 fully saturated rings. The molecule has 0 aromatic heterocycles. The van der Waals surface area contributed by atoms with Gasteiger partial charge in [-0.2, -0.15) is 0 Å². The van der Waals surface area contributed by atoms with Gasteiger partial charge >= 0.3 is 5.97 Å². The van der Waals surface area contributed by atoms with Crippen LogP contribution in [0.5, 0.6) is 0 Å². The summed E-state index contributed by atoms with van der Waals surface area (Å²) >= 11 is 0. The van der Waals surface area contributed by atoms with Crippen molar-refractivity contribution in [3.05, 3.63) is 11.3 Å². The molecule has 1 saturated carbocycles. The van der Waals surface area contributed by atoms with Gasteiger partial charge in [0.1, 0.15) is 5.70 Å². The van der Waals surface area contributed by atoms with Crippen molar-refractivity contribution in [2.75, 3.05) is 0 Å². The molecule has 0 spiro atoms. The summed E-state index contributed by atoms with van der Waals surface area (Å²) in [5, 5.41) is 19.0. The summed E-state index contributed by atoms with van der Waals surface area (Å²) in [5.41, 5.74) is 1.13. The topological polar surface area (TPSA) is 77.8 Å². The van der Waals surface area contributed by atoms with Crippen molar-refractivity contribution in [3.63, 3.8) is 0 Å². The number of nitrogens with zero attached hydrogens (tertiary/aromatic N) is 1. The van der Waals surface area contributed by atoms with Gasteiger partial charge in [0.2, 0.25) is 5.91 Å². The standard InChI is InChI=1S/C13H17NO4/c1-6(15)9-10-7-4-2-3-5-8(7)11(13(17)18)14(10)12(9)16/h6-7,9-10,15H,2-5H2,1H3,(H,17,18)/t6-,7+,9-,10-/m1/s1. The molecule has 0 radical (unpaired) electrons. The van der Waals surface area contributed by atoms with E-state index < -0.39 is 18.0 Å². The fourth-order valence-corrected chi connectivity index (χ4v) is 3.82. The van der Waals surface area contributed by atoms with Crippen LogP contribution >= 0.6 is 0 Å². The average molecular weight is 251 g/mol. The van der Waals surface area contributed by atoms with Crippen molar-refractivity contribution in [1.82, 2.24) is 4.90 Å². The van der Waals surface area contributed by atoms with Crippen LogP contribution in [0.3, 0.4) is 0 Å². The molecule has 3 rings (SSSR count). The molecule has 1 aliphatic carbocycles. The minimum Gasteiger partial charge on any atom is -0.477 e. The van der Waals surface area contributed by atoms with Gasteiger partial charge in [0, 0.05) is 5.92 Å². The molecule has 0 aromatic carbocycles. The number of β-lactam (4-membered cyclic amide) rings is 1. The maximum absolute atomic E-state index is 12.0. The first kappa shape index (κ1) is 11.7. The van der Waals surface area contributed by atoms with Gasteiger partial charge in [0.05, 0.1) is 18.1 Å². The SMILES string of the molecule is C[C@@H](O)[C@H]1C(=O)N2C(C(=O)O)=C3CCCC[C@@H]3[C@H]12. The summed E-state index contributed by atoms with van der Waals surface area (Å²) < 4.78 is 0. The van der Waals surface area contributed by atoms with Crippen molar-refractivity contribution in [1.29, 1.82) is 0 Å². The summed E-state index contributed by atoms with van der Waals surface area (Å²) in [6.07, 6.45) is 3.08. The second kappa shape index (κ2) is 3.82. The quantitative estimate of drug-likeness (QED) is 0.709. The van der Waals surface area contributed by atoms with Crippen LogP contribution in [-0.4, -0.2) is 39.1 Å². The lowest BCUT2D eigenvalue weighted by atomic mass is 9.72. The third-order valence-electron chi connectivity index (χ3n) is 4.53. The molecule has 5 heteroatoms. The van der Waals surface area contributed by atoms with Crippen molar-refractivity contribution in [2.45, 2.75) is 44.8 Å². The first-order valence-electron chi connectivity index (χ1n) is 6.51. The van der Waals surface area contributed by atoms with Gasteiger partial charge < -0.3 is 15.1 Å². The Kier molecular flexibility index (Phi) is 2.48. The molecule has 2 aliphatic heterocycles. The number of aliphatic carboxylic acids is 1. The van der Waals surface area contributed by atoms with Gasteiger partial charge in [-0.1, -0.05) is 6.42 Å². The molecule has 1 amide bonds. The fourth-order valence-electron chi connectivity index (χ4n) is 3.82. The number of hydrogen-bond acceptors (Lipinski definition) is 3. The zero-order valence-corrected chi connectivity index (χ0v) is 10.3. The van der Waals surface area contributed by atoms with Gasteiger partial charge in [0.25, 0.3) is 0 Å². The molecule has 4 atom stereocenters. The molecule has 18 heavy (non-hydrogen) atoms. The van der Waals surface area contributed by atoms with Gasteiger partial charge in [-0.05, 0) is 31.8 Å². The highest BCUT2D eigenvalue weighted by Crippen LogP contribution is 2.51. The molecule has 0 aromatic rings. The number of hydrogen-bond donors (Lipinski definition) is 2. The number of carboxylic acid groups (broad SMARTS) is 1. The van der Waals surface area contributed by atoms with Gasteiger partial charge in [-0.15, -0.1) is 0 Å². The Balaban J connectivity index is 2.00. The first-order chi connectivity index (χ1) is 8.54. The summed E-state index contributed by atoms with van der Waals surface area (Å²) in [5.74, 6) is -1.49. The van der Waals surface area contributed by atoms with Crippen LogP contribution < -0.4 is 0 Å². The molecular weight excluding hydrogens is 234 g/mol. The normalized spacial score (nSPS) is 36.0. The van der Waals surface area contributed by atoms with E-state index in [0.29, 0.717) is 0 Å². The lowest BCUT2D eigenvalue weighted by Gasteiger charge is -2.47. The third-order valence-corrected chi connectivity index (χ3v) is 4.53. The van der Waals surface area contributed by atoms with E-state index in [-0.39, 0.29) is 23.6 Å². The van der Waals surface area contributed by atoms with E-state index in [1.807, 2.05) is 0 Å². The lowest BCUT2D eigenvalue weighted by Crippen LogP contribution is -2.63. The van der Waals surface area contributed by atoms with E-state index >= 15 is 0 Å². The number of fused-ring (bicyclic) bond motifs is 3. The molecule has 98 valence electrons. The van der Waals surface area contributed by atoms with Crippen LogP contribution in [0.4, 0.5) is 0 Å². The van der Waals surface area contributed by atoms with E-state index in [0.717, 1.165) is 31.3 Å². The number of rotatable bonds is 2. The minimum atomic E-state index is -1.00. The number of amides is 1. The molecule has 0 unspecified atom stereocenters. The summed E-state index contributed by atoms with van der Waals surface area (Å²) in [7, 11) is 0.